The molecular weight excluding hydrogens is 304 g/mol. The summed E-state index contributed by atoms with van der Waals surface area (Å²) in [6.07, 6.45) is 8.80. The van der Waals surface area contributed by atoms with Crippen LogP contribution in [0.2, 0.25) is 0 Å². The van der Waals surface area contributed by atoms with Gasteiger partial charge in [-0.15, -0.1) is 0 Å². The van der Waals surface area contributed by atoms with Crippen molar-refractivity contribution in [1.29, 1.82) is 0 Å². The van der Waals surface area contributed by atoms with Crippen molar-refractivity contribution in [2.75, 3.05) is 0 Å². The third-order valence-corrected chi connectivity index (χ3v) is 5.02. The quantitative estimate of drug-likeness (QED) is 0.855. The lowest BCUT2D eigenvalue weighted by Gasteiger charge is -2.10. The van der Waals surface area contributed by atoms with Gasteiger partial charge >= 0.3 is 5.69 Å². The summed E-state index contributed by atoms with van der Waals surface area (Å²) in [4.78, 5) is 33.4. The van der Waals surface area contributed by atoms with Crippen LogP contribution in [0.25, 0.3) is 11.2 Å². The van der Waals surface area contributed by atoms with Crippen molar-refractivity contribution in [1.82, 2.24) is 19.1 Å². The van der Waals surface area contributed by atoms with E-state index in [9.17, 15) is 9.59 Å². The smallest absolute Gasteiger partial charge is 0.332 e. The summed E-state index contributed by atoms with van der Waals surface area (Å²) >= 11 is 0. The van der Waals surface area contributed by atoms with Gasteiger partial charge in [-0.3, -0.25) is 13.9 Å². The Hall–Kier alpha value is -1.85. The van der Waals surface area contributed by atoms with E-state index in [2.05, 4.69) is 4.98 Å². The standard InChI is InChI=1S/C18H28N4O2/c1-3-11-21-16-14(17(23)22(12-4-2)18(21)24)19-15(20-16)13-9-7-5-6-8-10-13/h13H,3-12H2,1-2H3,(H,19,20). The summed E-state index contributed by atoms with van der Waals surface area (Å²) in [5.41, 5.74) is 0.584. The van der Waals surface area contributed by atoms with Gasteiger partial charge in [0.1, 0.15) is 11.3 Å². The molecule has 1 aliphatic carbocycles. The van der Waals surface area contributed by atoms with E-state index in [1.165, 1.54) is 30.3 Å². The number of aromatic nitrogens is 4. The Morgan fingerprint density at radius 2 is 1.62 bits per heavy atom. The molecular formula is C18H28N4O2. The maximum Gasteiger partial charge on any atom is 0.332 e. The number of imidazole rings is 1. The van der Waals surface area contributed by atoms with E-state index in [-0.39, 0.29) is 11.2 Å². The Kier molecular flexibility index (Phi) is 5.21. The Balaban J connectivity index is 2.16. The molecule has 3 rings (SSSR count). The van der Waals surface area contributed by atoms with E-state index in [1.54, 1.807) is 4.57 Å². The van der Waals surface area contributed by atoms with Crippen molar-refractivity contribution in [2.45, 2.75) is 84.2 Å². The Labute approximate surface area is 141 Å². The molecule has 0 radical (unpaired) electrons. The monoisotopic (exact) mass is 332 g/mol. The zero-order chi connectivity index (χ0) is 17.1. The molecule has 0 amide bonds. The van der Waals surface area contributed by atoms with Crippen LogP contribution in [-0.4, -0.2) is 19.1 Å². The molecule has 0 saturated heterocycles. The molecule has 1 saturated carbocycles. The largest absolute Gasteiger partial charge is 0.336 e. The highest BCUT2D eigenvalue weighted by Gasteiger charge is 2.22. The van der Waals surface area contributed by atoms with Gasteiger partial charge in [0.25, 0.3) is 5.56 Å². The molecule has 0 spiro atoms. The maximum atomic E-state index is 12.7. The van der Waals surface area contributed by atoms with Gasteiger partial charge < -0.3 is 4.98 Å². The number of fused-ring (bicyclic) bond motifs is 1. The van der Waals surface area contributed by atoms with Crippen LogP contribution in [0.4, 0.5) is 0 Å². The SMILES string of the molecule is CCCn1c(=O)c2[nH]c(C3CCCCCC3)nc2n(CCC)c1=O. The number of aromatic amines is 1. The zero-order valence-electron chi connectivity index (χ0n) is 14.8. The van der Waals surface area contributed by atoms with Crippen LogP contribution in [0.3, 0.4) is 0 Å². The molecule has 6 nitrogen and oxygen atoms in total. The summed E-state index contributed by atoms with van der Waals surface area (Å²) in [6.45, 7) is 5.06. The van der Waals surface area contributed by atoms with E-state index < -0.39 is 0 Å². The van der Waals surface area contributed by atoms with Gasteiger partial charge in [-0.1, -0.05) is 39.5 Å². The minimum absolute atomic E-state index is 0.225. The molecule has 1 aliphatic rings. The highest BCUT2D eigenvalue weighted by molar-refractivity contribution is 5.70. The van der Waals surface area contributed by atoms with Crippen molar-refractivity contribution in [3.05, 3.63) is 26.7 Å². The average Bonchev–Trinajstić information content (AvgIpc) is 2.83. The minimum atomic E-state index is -0.227. The van der Waals surface area contributed by atoms with Gasteiger partial charge in [-0.25, -0.2) is 9.78 Å². The number of hydrogen-bond donors (Lipinski definition) is 1. The number of rotatable bonds is 5. The molecule has 6 heteroatoms. The molecule has 24 heavy (non-hydrogen) atoms. The summed E-state index contributed by atoms with van der Waals surface area (Å²) in [6, 6.07) is 0. The van der Waals surface area contributed by atoms with Crippen molar-refractivity contribution >= 4 is 11.2 Å². The fourth-order valence-corrected chi connectivity index (χ4v) is 3.78. The first kappa shape index (κ1) is 17.0. The number of hydrogen-bond acceptors (Lipinski definition) is 3. The summed E-state index contributed by atoms with van der Waals surface area (Å²) < 4.78 is 3.02. The molecule has 0 bridgehead atoms. The minimum Gasteiger partial charge on any atom is -0.336 e. The molecule has 1 N–H and O–H groups in total. The van der Waals surface area contributed by atoms with E-state index in [4.69, 9.17) is 4.98 Å². The van der Waals surface area contributed by atoms with Crippen LogP contribution in [0, 0.1) is 0 Å². The van der Waals surface area contributed by atoms with Gasteiger partial charge in [0, 0.05) is 19.0 Å². The van der Waals surface area contributed by atoms with Crippen LogP contribution < -0.4 is 11.2 Å². The number of aryl methyl sites for hydroxylation is 1. The van der Waals surface area contributed by atoms with E-state index in [1.807, 2.05) is 13.8 Å². The number of nitrogens with zero attached hydrogens (tertiary/aromatic N) is 3. The Morgan fingerprint density at radius 3 is 2.25 bits per heavy atom. The molecule has 2 aromatic heterocycles. The van der Waals surface area contributed by atoms with Crippen LogP contribution in [0.5, 0.6) is 0 Å². The van der Waals surface area contributed by atoms with Crippen molar-refractivity contribution < 1.29 is 0 Å². The molecule has 0 atom stereocenters. The topological polar surface area (TPSA) is 72.7 Å². The summed E-state index contributed by atoms with van der Waals surface area (Å²) in [5, 5.41) is 0. The predicted octanol–water partition coefficient (Wildman–Crippen LogP) is 3.14. The summed E-state index contributed by atoms with van der Waals surface area (Å²) in [7, 11) is 0. The molecule has 0 aliphatic heterocycles. The van der Waals surface area contributed by atoms with Gasteiger partial charge in [-0.05, 0) is 25.7 Å². The molecule has 132 valence electrons. The van der Waals surface area contributed by atoms with E-state index in [0.29, 0.717) is 30.2 Å². The second-order valence-electron chi connectivity index (χ2n) is 6.90. The van der Waals surface area contributed by atoms with Crippen LogP contribution in [-0.2, 0) is 13.1 Å². The van der Waals surface area contributed by atoms with Crippen LogP contribution in [0.1, 0.15) is 77.0 Å². The van der Waals surface area contributed by atoms with Gasteiger partial charge in [-0.2, -0.15) is 0 Å². The first-order valence-electron chi connectivity index (χ1n) is 9.40. The lowest BCUT2D eigenvalue weighted by atomic mass is 10.00. The molecule has 0 unspecified atom stereocenters. The second kappa shape index (κ2) is 7.36. The molecule has 2 heterocycles. The van der Waals surface area contributed by atoms with Gasteiger partial charge in [0.05, 0.1) is 0 Å². The molecule has 1 fully saturated rings. The van der Waals surface area contributed by atoms with Crippen molar-refractivity contribution in [3.8, 4) is 0 Å². The molecule has 0 aromatic carbocycles. The Bertz CT molecular complexity index is 807. The third kappa shape index (κ3) is 3.06. The molecule has 2 aromatic rings. The highest BCUT2D eigenvalue weighted by Crippen LogP contribution is 2.30. The highest BCUT2D eigenvalue weighted by atomic mass is 16.2. The lowest BCUT2D eigenvalue weighted by Crippen LogP contribution is -2.40. The Morgan fingerprint density at radius 1 is 1.00 bits per heavy atom. The summed E-state index contributed by atoms with van der Waals surface area (Å²) in [5.74, 6) is 1.27. The average molecular weight is 332 g/mol. The lowest BCUT2D eigenvalue weighted by molar-refractivity contribution is 0.553. The van der Waals surface area contributed by atoms with Crippen molar-refractivity contribution in [2.24, 2.45) is 0 Å². The first-order chi connectivity index (χ1) is 11.7. The van der Waals surface area contributed by atoms with Gasteiger partial charge in [0.15, 0.2) is 5.65 Å². The number of H-pyrrole nitrogens is 1. The number of nitrogens with one attached hydrogen (secondary N) is 1. The van der Waals surface area contributed by atoms with Crippen LogP contribution >= 0.6 is 0 Å². The zero-order valence-corrected chi connectivity index (χ0v) is 14.8. The maximum absolute atomic E-state index is 12.7. The third-order valence-electron chi connectivity index (χ3n) is 5.02. The van der Waals surface area contributed by atoms with Crippen molar-refractivity contribution in [3.63, 3.8) is 0 Å². The normalized spacial score (nSPS) is 16.6. The van der Waals surface area contributed by atoms with E-state index >= 15 is 0 Å². The van der Waals surface area contributed by atoms with E-state index in [0.717, 1.165) is 31.5 Å². The fourth-order valence-electron chi connectivity index (χ4n) is 3.78. The fraction of sp³-hybridized carbons (Fsp3) is 0.722. The first-order valence-corrected chi connectivity index (χ1v) is 9.40. The predicted molar refractivity (Wildman–Crippen MR) is 95.6 cm³/mol. The van der Waals surface area contributed by atoms with Gasteiger partial charge in [0.2, 0.25) is 0 Å². The second-order valence-corrected chi connectivity index (χ2v) is 6.90. The van der Waals surface area contributed by atoms with Crippen LogP contribution in [0.15, 0.2) is 9.59 Å².